The molecule has 0 radical (unpaired) electrons. The smallest absolute Gasteiger partial charge is 0.205 e. The maximum Gasteiger partial charge on any atom is 0.205 e. The molecular formula is C25H19ClN2OS2. The number of carbonyl (C=O) groups is 1. The first kappa shape index (κ1) is 20.3. The van der Waals surface area contributed by atoms with E-state index in [9.17, 15) is 4.79 Å². The van der Waals surface area contributed by atoms with Crippen LogP contribution in [0.25, 0.3) is 16.7 Å². The van der Waals surface area contributed by atoms with Crippen LogP contribution in [0.1, 0.15) is 31.9 Å². The minimum Gasteiger partial charge on any atom is -0.297 e. The highest BCUT2D eigenvalue weighted by atomic mass is 35.5. The number of ketones is 1. The second kappa shape index (κ2) is 8.15. The van der Waals surface area contributed by atoms with Gasteiger partial charge in [0.25, 0.3) is 0 Å². The van der Waals surface area contributed by atoms with Crippen LogP contribution in [0.4, 0.5) is 0 Å². The number of imidazole rings is 1. The molecule has 0 aliphatic rings. The van der Waals surface area contributed by atoms with Crippen LogP contribution in [-0.4, -0.2) is 15.2 Å². The summed E-state index contributed by atoms with van der Waals surface area (Å²) < 4.78 is 3.25. The fourth-order valence-electron chi connectivity index (χ4n) is 3.73. The van der Waals surface area contributed by atoms with Gasteiger partial charge in [-0.3, -0.25) is 9.20 Å². The summed E-state index contributed by atoms with van der Waals surface area (Å²) in [4.78, 5) is 19.0. The van der Waals surface area contributed by atoms with Crippen LogP contribution in [0.2, 0.25) is 5.02 Å². The lowest BCUT2D eigenvalue weighted by Crippen LogP contribution is -1.98. The highest BCUT2D eigenvalue weighted by molar-refractivity contribution is 8.00. The van der Waals surface area contributed by atoms with Gasteiger partial charge in [0.05, 0.1) is 9.73 Å². The number of aryl methyl sites for hydroxylation is 2. The van der Waals surface area contributed by atoms with Crippen LogP contribution < -0.4 is 0 Å². The molecule has 5 aromatic rings. The largest absolute Gasteiger partial charge is 0.297 e. The highest BCUT2D eigenvalue weighted by Gasteiger charge is 2.24. The van der Waals surface area contributed by atoms with Gasteiger partial charge in [-0.1, -0.05) is 48.0 Å². The molecule has 3 nitrogen and oxygen atoms in total. The number of benzene rings is 2. The molecule has 0 saturated carbocycles. The van der Waals surface area contributed by atoms with Gasteiger partial charge >= 0.3 is 0 Å². The SMILES string of the molecule is Cc1cc(C)c2nc3c(C(=O)c4ccc(Cl)cc4)sc(SCc4ccccc4)c3n2c1. The molecule has 6 heteroatoms. The van der Waals surface area contributed by atoms with Crippen molar-refractivity contribution in [2.75, 3.05) is 0 Å². The standard InChI is InChI=1S/C25H19ClN2OS2/c1-15-12-16(2)24-27-20-21(28(24)13-15)25(30-14-17-6-4-3-5-7-17)31-23(20)22(29)18-8-10-19(26)11-9-18/h3-13H,14H2,1-2H3. The van der Waals surface area contributed by atoms with E-state index in [4.69, 9.17) is 16.6 Å². The summed E-state index contributed by atoms with van der Waals surface area (Å²) in [5.41, 5.74) is 6.83. The monoisotopic (exact) mass is 462 g/mol. The molecule has 3 heterocycles. The Morgan fingerprint density at radius 3 is 2.58 bits per heavy atom. The van der Waals surface area contributed by atoms with Crippen molar-refractivity contribution in [1.29, 1.82) is 0 Å². The molecule has 0 N–H and O–H groups in total. The quantitative estimate of drug-likeness (QED) is 0.202. The summed E-state index contributed by atoms with van der Waals surface area (Å²) in [6.45, 7) is 4.15. The Morgan fingerprint density at radius 2 is 1.84 bits per heavy atom. The molecule has 0 atom stereocenters. The molecule has 0 unspecified atom stereocenters. The van der Waals surface area contributed by atoms with E-state index in [-0.39, 0.29) is 5.78 Å². The van der Waals surface area contributed by atoms with Crippen molar-refractivity contribution in [3.8, 4) is 0 Å². The number of halogens is 1. The molecule has 3 aromatic heterocycles. The zero-order chi connectivity index (χ0) is 21.5. The van der Waals surface area contributed by atoms with E-state index in [1.165, 1.54) is 22.5 Å². The van der Waals surface area contributed by atoms with Crippen LogP contribution in [0.15, 0.2) is 71.1 Å². The average Bonchev–Trinajstić information content (AvgIpc) is 3.31. The summed E-state index contributed by atoms with van der Waals surface area (Å²) in [6, 6.07) is 19.6. The molecule has 0 spiro atoms. The minimum absolute atomic E-state index is 0.0176. The van der Waals surface area contributed by atoms with E-state index in [1.807, 2.05) is 6.07 Å². The van der Waals surface area contributed by atoms with Gasteiger partial charge in [0.15, 0.2) is 0 Å². The van der Waals surface area contributed by atoms with Gasteiger partial charge in [-0.2, -0.15) is 0 Å². The Bertz CT molecular complexity index is 1420. The van der Waals surface area contributed by atoms with Gasteiger partial charge in [-0.25, -0.2) is 4.98 Å². The summed E-state index contributed by atoms with van der Waals surface area (Å²) in [6.07, 6.45) is 2.10. The van der Waals surface area contributed by atoms with Crippen molar-refractivity contribution in [3.63, 3.8) is 0 Å². The fourth-order valence-corrected chi connectivity index (χ4v) is 6.27. The molecule has 0 aliphatic heterocycles. The third-order valence-electron chi connectivity index (χ3n) is 5.17. The number of thiophene rings is 1. The first-order valence-electron chi connectivity index (χ1n) is 9.90. The fraction of sp³-hybridized carbons (Fsp3) is 0.120. The lowest BCUT2D eigenvalue weighted by atomic mass is 10.1. The number of nitrogens with zero attached hydrogens (tertiary/aromatic N) is 2. The summed E-state index contributed by atoms with van der Waals surface area (Å²) >= 11 is 9.30. The number of carbonyl (C=O) groups excluding carboxylic acids is 1. The first-order chi connectivity index (χ1) is 15.0. The normalized spacial score (nSPS) is 11.5. The lowest BCUT2D eigenvalue weighted by Gasteiger charge is -2.04. The number of hydrogen-bond acceptors (Lipinski definition) is 4. The predicted molar refractivity (Wildman–Crippen MR) is 131 cm³/mol. The third kappa shape index (κ3) is 3.78. The third-order valence-corrected chi connectivity index (χ3v) is 7.92. The van der Waals surface area contributed by atoms with Gasteiger partial charge in [-0.05, 0) is 54.8 Å². The molecule has 0 fully saturated rings. The topological polar surface area (TPSA) is 34.4 Å². The van der Waals surface area contributed by atoms with Gasteiger partial charge < -0.3 is 0 Å². The van der Waals surface area contributed by atoms with E-state index in [1.54, 1.807) is 36.0 Å². The molecule has 0 bridgehead atoms. The zero-order valence-corrected chi connectivity index (χ0v) is 19.4. The average molecular weight is 463 g/mol. The number of pyridine rings is 1. The van der Waals surface area contributed by atoms with E-state index in [2.05, 4.69) is 54.8 Å². The molecule has 0 saturated heterocycles. The Balaban J connectivity index is 1.67. The molecule has 0 aliphatic carbocycles. The van der Waals surface area contributed by atoms with Crippen molar-refractivity contribution < 1.29 is 4.79 Å². The molecule has 0 amide bonds. The zero-order valence-electron chi connectivity index (χ0n) is 17.1. The van der Waals surface area contributed by atoms with Gasteiger partial charge in [0, 0.05) is 22.5 Å². The van der Waals surface area contributed by atoms with Crippen LogP contribution in [0.3, 0.4) is 0 Å². The summed E-state index contributed by atoms with van der Waals surface area (Å²) in [5, 5.41) is 0.616. The Hall–Kier alpha value is -2.60. The van der Waals surface area contributed by atoms with Crippen molar-refractivity contribution in [1.82, 2.24) is 9.38 Å². The van der Waals surface area contributed by atoms with Crippen molar-refractivity contribution >= 4 is 57.2 Å². The molecule has 2 aromatic carbocycles. The molecule has 154 valence electrons. The highest BCUT2D eigenvalue weighted by Crippen LogP contribution is 2.41. The van der Waals surface area contributed by atoms with Crippen LogP contribution in [0, 0.1) is 13.8 Å². The molecular weight excluding hydrogens is 444 g/mol. The number of rotatable bonds is 5. The van der Waals surface area contributed by atoms with Gasteiger partial charge in [-0.15, -0.1) is 23.1 Å². The number of aromatic nitrogens is 2. The predicted octanol–water partition coefficient (Wildman–Crippen LogP) is 7.34. The summed E-state index contributed by atoms with van der Waals surface area (Å²) in [7, 11) is 0. The van der Waals surface area contributed by atoms with E-state index in [0.717, 1.165) is 32.2 Å². The second-order valence-corrected chi connectivity index (χ2v) is 10.2. The minimum atomic E-state index is -0.0176. The Kier molecular flexibility index (Phi) is 5.34. The van der Waals surface area contributed by atoms with Gasteiger partial charge in [0.2, 0.25) is 5.78 Å². The second-order valence-electron chi connectivity index (χ2n) is 7.53. The maximum atomic E-state index is 13.4. The molecule has 31 heavy (non-hydrogen) atoms. The van der Waals surface area contributed by atoms with Crippen molar-refractivity contribution in [2.24, 2.45) is 0 Å². The lowest BCUT2D eigenvalue weighted by molar-refractivity contribution is 0.104. The van der Waals surface area contributed by atoms with E-state index < -0.39 is 0 Å². The van der Waals surface area contributed by atoms with Crippen LogP contribution in [0.5, 0.6) is 0 Å². The van der Waals surface area contributed by atoms with Crippen LogP contribution in [-0.2, 0) is 5.75 Å². The maximum absolute atomic E-state index is 13.4. The number of fused-ring (bicyclic) bond motifs is 3. The summed E-state index contributed by atoms with van der Waals surface area (Å²) in [5.74, 6) is 0.819. The van der Waals surface area contributed by atoms with E-state index in [0.29, 0.717) is 15.5 Å². The first-order valence-corrected chi connectivity index (χ1v) is 12.1. The number of hydrogen-bond donors (Lipinski definition) is 0. The Morgan fingerprint density at radius 1 is 1.10 bits per heavy atom. The van der Waals surface area contributed by atoms with Crippen molar-refractivity contribution in [2.45, 2.75) is 23.8 Å². The van der Waals surface area contributed by atoms with E-state index >= 15 is 0 Å². The number of thioether (sulfide) groups is 1. The van der Waals surface area contributed by atoms with Crippen molar-refractivity contribution in [3.05, 3.63) is 99.0 Å². The Labute approximate surface area is 193 Å². The molecule has 5 rings (SSSR count). The van der Waals surface area contributed by atoms with Gasteiger partial charge in [0.1, 0.15) is 16.0 Å². The van der Waals surface area contributed by atoms with Crippen LogP contribution >= 0.6 is 34.7 Å².